The average molecular weight is 329 g/mol. The van der Waals surface area contributed by atoms with Gasteiger partial charge < -0.3 is 9.64 Å². The van der Waals surface area contributed by atoms with Gasteiger partial charge in [0.05, 0.1) is 13.0 Å². The molecule has 3 fully saturated rings. The van der Waals surface area contributed by atoms with E-state index >= 15 is 0 Å². The number of hydrogen-bond acceptors (Lipinski definition) is 4. The largest absolute Gasteiger partial charge is 0.380 e. The lowest BCUT2D eigenvalue weighted by Gasteiger charge is -2.41. The van der Waals surface area contributed by atoms with Crippen molar-refractivity contribution in [3.63, 3.8) is 0 Å². The number of ether oxygens (including phenoxy) is 1. The molecule has 1 aromatic rings. The van der Waals surface area contributed by atoms with Crippen LogP contribution in [0.1, 0.15) is 31.2 Å². The normalized spacial score (nSPS) is 27.0. The maximum Gasteiger partial charge on any atom is 0.227 e. The topological polar surface area (TPSA) is 45.7 Å². The number of hydrogen-bond donors (Lipinski definition) is 0. The molecule has 130 valence electrons. The number of aromatic nitrogens is 1. The first-order valence-electron chi connectivity index (χ1n) is 9.23. The van der Waals surface area contributed by atoms with Crippen LogP contribution in [0.4, 0.5) is 0 Å². The molecule has 0 aliphatic carbocycles. The van der Waals surface area contributed by atoms with Crippen molar-refractivity contribution in [2.24, 2.45) is 5.41 Å². The Balaban J connectivity index is 1.30. The van der Waals surface area contributed by atoms with E-state index in [-0.39, 0.29) is 5.91 Å². The highest BCUT2D eigenvalue weighted by Crippen LogP contribution is 2.41. The third-order valence-corrected chi connectivity index (χ3v) is 6.15. The Bertz CT molecular complexity index is 563. The molecule has 0 bridgehead atoms. The molecule has 1 atom stereocenters. The Morgan fingerprint density at radius 2 is 2.12 bits per heavy atom. The van der Waals surface area contributed by atoms with Crippen molar-refractivity contribution in [1.82, 2.24) is 14.8 Å². The fraction of sp³-hybridized carbons (Fsp3) is 0.684. The van der Waals surface area contributed by atoms with Gasteiger partial charge in [-0.15, -0.1) is 0 Å². The van der Waals surface area contributed by atoms with E-state index in [0.717, 1.165) is 31.9 Å². The van der Waals surface area contributed by atoms with Crippen LogP contribution < -0.4 is 0 Å². The summed E-state index contributed by atoms with van der Waals surface area (Å²) in [6, 6.07) is 4.52. The van der Waals surface area contributed by atoms with E-state index in [9.17, 15) is 4.79 Å². The number of carbonyl (C=O) groups excluding carboxylic acids is 1. The van der Waals surface area contributed by atoms with Crippen molar-refractivity contribution in [3.05, 3.63) is 30.1 Å². The molecule has 5 heteroatoms. The number of pyridine rings is 1. The maximum absolute atomic E-state index is 12.6. The van der Waals surface area contributed by atoms with E-state index < -0.39 is 0 Å². The summed E-state index contributed by atoms with van der Waals surface area (Å²) in [6.07, 6.45) is 8.83. The number of rotatable bonds is 3. The highest BCUT2D eigenvalue weighted by atomic mass is 16.5. The summed E-state index contributed by atoms with van der Waals surface area (Å²) in [6.45, 7) is 6.02. The Kier molecular flexibility index (Phi) is 4.55. The lowest BCUT2D eigenvalue weighted by molar-refractivity contribution is -0.130. The molecule has 1 amide bonds. The molecule has 3 saturated heterocycles. The number of amides is 1. The molecule has 0 aromatic carbocycles. The van der Waals surface area contributed by atoms with Crippen LogP contribution >= 0.6 is 0 Å². The summed E-state index contributed by atoms with van der Waals surface area (Å²) < 4.78 is 5.53. The van der Waals surface area contributed by atoms with Crippen LogP contribution in [0.25, 0.3) is 0 Å². The molecule has 1 spiro atoms. The summed E-state index contributed by atoms with van der Waals surface area (Å²) in [5, 5.41) is 0. The second-order valence-electron chi connectivity index (χ2n) is 7.66. The van der Waals surface area contributed by atoms with Gasteiger partial charge in [-0.1, -0.05) is 6.07 Å². The van der Waals surface area contributed by atoms with Gasteiger partial charge in [0.2, 0.25) is 5.91 Å². The highest BCUT2D eigenvalue weighted by Gasteiger charge is 2.43. The average Bonchev–Trinajstić information content (AvgIpc) is 3.27. The fourth-order valence-corrected chi connectivity index (χ4v) is 4.52. The van der Waals surface area contributed by atoms with Crippen LogP contribution in [-0.4, -0.2) is 66.1 Å². The fourth-order valence-electron chi connectivity index (χ4n) is 4.52. The Morgan fingerprint density at radius 1 is 1.29 bits per heavy atom. The lowest BCUT2D eigenvalue weighted by atomic mass is 9.77. The smallest absolute Gasteiger partial charge is 0.227 e. The second kappa shape index (κ2) is 6.81. The van der Waals surface area contributed by atoms with Gasteiger partial charge in [-0.25, -0.2) is 0 Å². The monoisotopic (exact) mass is 329 g/mol. The zero-order valence-electron chi connectivity index (χ0n) is 14.3. The molecule has 3 aliphatic rings. The summed E-state index contributed by atoms with van der Waals surface area (Å²) >= 11 is 0. The van der Waals surface area contributed by atoms with E-state index in [4.69, 9.17) is 4.74 Å². The molecule has 1 aromatic heterocycles. The molecule has 4 rings (SSSR count). The van der Waals surface area contributed by atoms with Gasteiger partial charge in [0, 0.05) is 38.1 Å². The molecule has 0 N–H and O–H groups in total. The summed E-state index contributed by atoms with van der Waals surface area (Å²) in [5.41, 5.74) is 1.38. The second-order valence-corrected chi connectivity index (χ2v) is 7.66. The van der Waals surface area contributed by atoms with Crippen LogP contribution in [0.5, 0.6) is 0 Å². The van der Waals surface area contributed by atoms with Crippen LogP contribution in [0.15, 0.2) is 24.5 Å². The first-order chi connectivity index (χ1) is 11.7. The molecule has 5 nitrogen and oxygen atoms in total. The Hall–Kier alpha value is -1.46. The Labute approximate surface area is 144 Å². The first-order valence-corrected chi connectivity index (χ1v) is 9.23. The molecule has 0 radical (unpaired) electrons. The van der Waals surface area contributed by atoms with Crippen molar-refractivity contribution in [2.45, 2.75) is 38.1 Å². The third kappa shape index (κ3) is 3.33. The predicted molar refractivity (Wildman–Crippen MR) is 91.6 cm³/mol. The van der Waals surface area contributed by atoms with Gasteiger partial charge in [-0.05, 0) is 55.8 Å². The molecule has 4 heterocycles. The summed E-state index contributed by atoms with van der Waals surface area (Å²) in [5.74, 6) is 0.256. The van der Waals surface area contributed by atoms with Crippen molar-refractivity contribution in [3.8, 4) is 0 Å². The van der Waals surface area contributed by atoms with E-state index in [0.29, 0.717) is 17.9 Å². The summed E-state index contributed by atoms with van der Waals surface area (Å²) in [4.78, 5) is 21.4. The standard InChI is InChI=1S/C19H27N3O2/c23-18(12-16-2-1-7-20-13-16)22-10-6-19(15-22)4-8-21(9-5-19)17-3-11-24-14-17/h1-2,7,13,17H,3-6,8-12,14-15H2/t17-/m1/s1. The molecular weight excluding hydrogens is 302 g/mol. The minimum Gasteiger partial charge on any atom is -0.380 e. The Morgan fingerprint density at radius 3 is 2.83 bits per heavy atom. The lowest BCUT2D eigenvalue weighted by Crippen LogP contribution is -2.46. The van der Waals surface area contributed by atoms with Crippen molar-refractivity contribution in [2.75, 3.05) is 39.4 Å². The van der Waals surface area contributed by atoms with Crippen LogP contribution in [-0.2, 0) is 16.0 Å². The molecular formula is C19H27N3O2. The van der Waals surface area contributed by atoms with E-state index in [2.05, 4.69) is 14.8 Å². The zero-order valence-corrected chi connectivity index (χ0v) is 14.3. The molecule has 0 unspecified atom stereocenters. The number of nitrogens with zero attached hydrogens (tertiary/aromatic N) is 3. The van der Waals surface area contributed by atoms with Crippen LogP contribution in [0, 0.1) is 5.41 Å². The summed E-state index contributed by atoms with van der Waals surface area (Å²) in [7, 11) is 0. The molecule has 3 aliphatic heterocycles. The number of likely N-dealkylation sites (tertiary alicyclic amines) is 2. The third-order valence-electron chi connectivity index (χ3n) is 6.15. The van der Waals surface area contributed by atoms with Gasteiger partial charge in [-0.3, -0.25) is 14.7 Å². The van der Waals surface area contributed by atoms with Crippen molar-refractivity contribution >= 4 is 5.91 Å². The van der Waals surface area contributed by atoms with Crippen molar-refractivity contribution in [1.29, 1.82) is 0 Å². The van der Waals surface area contributed by atoms with Gasteiger partial charge >= 0.3 is 0 Å². The van der Waals surface area contributed by atoms with Gasteiger partial charge in [-0.2, -0.15) is 0 Å². The van der Waals surface area contributed by atoms with E-state index in [1.165, 1.54) is 38.8 Å². The SMILES string of the molecule is O=C(Cc1cccnc1)N1CCC2(CCN([C@@H]3CCOC3)CC2)C1. The van der Waals surface area contributed by atoms with Gasteiger partial charge in [0.15, 0.2) is 0 Å². The zero-order chi connectivity index (χ0) is 16.4. The maximum atomic E-state index is 12.6. The van der Waals surface area contributed by atoms with Crippen LogP contribution in [0.2, 0.25) is 0 Å². The molecule has 24 heavy (non-hydrogen) atoms. The van der Waals surface area contributed by atoms with Gasteiger partial charge in [0.1, 0.15) is 0 Å². The predicted octanol–water partition coefficient (Wildman–Crippen LogP) is 1.73. The van der Waals surface area contributed by atoms with Crippen LogP contribution in [0.3, 0.4) is 0 Å². The minimum atomic E-state index is 0.256. The first kappa shape index (κ1) is 16.0. The number of carbonyl (C=O) groups is 1. The van der Waals surface area contributed by atoms with E-state index in [1.54, 1.807) is 12.4 Å². The number of piperidine rings is 1. The van der Waals surface area contributed by atoms with Gasteiger partial charge in [0.25, 0.3) is 0 Å². The highest BCUT2D eigenvalue weighted by molar-refractivity contribution is 5.79. The van der Waals surface area contributed by atoms with Crippen molar-refractivity contribution < 1.29 is 9.53 Å². The minimum absolute atomic E-state index is 0.256. The van der Waals surface area contributed by atoms with E-state index in [1.807, 2.05) is 12.1 Å². The molecule has 0 saturated carbocycles. The quantitative estimate of drug-likeness (QED) is 0.847.